The van der Waals surface area contributed by atoms with Gasteiger partial charge in [-0.05, 0) is 60.5 Å². The maximum absolute atomic E-state index is 3.73. The number of hydrogen-bond donors (Lipinski definition) is 1. The summed E-state index contributed by atoms with van der Waals surface area (Å²) in [5, 5.41) is 8.26. The largest absolute Gasteiger partial charge is 0.314 e. The highest BCUT2D eigenvalue weighted by Crippen LogP contribution is 2.32. The summed E-state index contributed by atoms with van der Waals surface area (Å²) < 4.78 is 0. The van der Waals surface area contributed by atoms with Crippen molar-refractivity contribution in [3.8, 4) is 0 Å². The van der Waals surface area contributed by atoms with Gasteiger partial charge in [0, 0.05) is 25.2 Å². The molecule has 3 heteroatoms. The molecule has 1 heterocycles. The van der Waals surface area contributed by atoms with E-state index in [9.17, 15) is 0 Å². The third-order valence-electron chi connectivity index (χ3n) is 4.87. The van der Waals surface area contributed by atoms with Crippen molar-refractivity contribution in [2.75, 3.05) is 13.1 Å². The van der Waals surface area contributed by atoms with E-state index < -0.39 is 0 Å². The summed E-state index contributed by atoms with van der Waals surface area (Å²) >= 11 is 1.83. The molecule has 1 N–H and O–H groups in total. The van der Waals surface area contributed by atoms with Gasteiger partial charge in [-0.2, -0.15) is 11.3 Å². The van der Waals surface area contributed by atoms with Crippen molar-refractivity contribution in [1.82, 2.24) is 10.2 Å². The lowest BCUT2D eigenvalue weighted by molar-refractivity contribution is 0.157. The zero-order valence-corrected chi connectivity index (χ0v) is 13.5. The van der Waals surface area contributed by atoms with Gasteiger partial charge in [0.25, 0.3) is 0 Å². The Labute approximate surface area is 127 Å². The Morgan fingerprint density at radius 3 is 2.80 bits per heavy atom. The summed E-state index contributed by atoms with van der Waals surface area (Å²) in [5.41, 5.74) is 1.51. The first kappa shape index (κ1) is 14.6. The van der Waals surface area contributed by atoms with Gasteiger partial charge in [0.15, 0.2) is 0 Å². The summed E-state index contributed by atoms with van der Waals surface area (Å²) in [7, 11) is 0. The fourth-order valence-corrected chi connectivity index (χ4v) is 4.32. The monoisotopic (exact) mass is 292 g/mol. The van der Waals surface area contributed by atoms with Crippen LogP contribution in [0.25, 0.3) is 0 Å². The molecule has 1 aromatic heterocycles. The molecule has 2 nitrogen and oxygen atoms in total. The van der Waals surface area contributed by atoms with Crippen LogP contribution in [0.4, 0.5) is 0 Å². The first-order valence-corrected chi connectivity index (χ1v) is 9.29. The number of thiophene rings is 1. The van der Waals surface area contributed by atoms with Crippen molar-refractivity contribution >= 4 is 11.3 Å². The molecule has 2 fully saturated rings. The third-order valence-corrected chi connectivity index (χ3v) is 5.61. The van der Waals surface area contributed by atoms with Gasteiger partial charge < -0.3 is 5.32 Å². The molecule has 0 aliphatic heterocycles. The summed E-state index contributed by atoms with van der Waals surface area (Å²) in [6.07, 6.45) is 8.50. The van der Waals surface area contributed by atoms with Crippen molar-refractivity contribution in [2.24, 2.45) is 5.92 Å². The van der Waals surface area contributed by atoms with Gasteiger partial charge in [0.1, 0.15) is 0 Å². The Morgan fingerprint density at radius 2 is 2.10 bits per heavy atom. The van der Waals surface area contributed by atoms with Gasteiger partial charge >= 0.3 is 0 Å². The predicted octanol–water partition coefficient (Wildman–Crippen LogP) is 3.88. The van der Waals surface area contributed by atoms with E-state index in [1.54, 1.807) is 0 Å². The minimum atomic E-state index is 0.762. The Balaban J connectivity index is 1.59. The van der Waals surface area contributed by atoms with E-state index in [-0.39, 0.29) is 0 Å². The highest BCUT2D eigenvalue weighted by Gasteiger charge is 2.33. The molecule has 0 saturated heterocycles. The highest BCUT2D eigenvalue weighted by molar-refractivity contribution is 7.07. The normalized spacial score (nSPS) is 27.1. The van der Waals surface area contributed by atoms with E-state index in [1.165, 1.54) is 57.2 Å². The summed E-state index contributed by atoms with van der Waals surface area (Å²) in [5.74, 6) is 0.864. The van der Waals surface area contributed by atoms with E-state index in [1.807, 2.05) is 11.3 Å². The van der Waals surface area contributed by atoms with Crippen LogP contribution in [0, 0.1) is 5.92 Å². The lowest BCUT2D eigenvalue weighted by atomic mass is 9.84. The second kappa shape index (κ2) is 7.06. The smallest absolute Gasteiger partial charge is 0.0245 e. The van der Waals surface area contributed by atoms with Crippen LogP contribution >= 0.6 is 11.3 Å². The van der Waals surface area contributed by atoms with Crippen LogP contribution in [-0.2, 0) is 6.54 Å². The standard InChI is InChI=1S/C17H28N2S/c1-2-18-17-6-4-3-5-15(17)12-19(16-7-8-16)11-14-9-10-20-13-14/h9-10,13,15-18H,2-8,11-12H2,1H3. The zero-order valence-electron chi connectivity index (χ0n) is 12.7. The third kappa shape index (κ3) is 3.84. The molecule has 3 rings (SSSR count). The average Bonchev–Trinajstić information content (AvgIpc) is 3.19. The lowest BCUT2D eigenvalue weighted by Crippen LogP contribution is -2.44. The molecule has 20 heavy (non-hydrogen) atoms. The highest BCUT2D eigenvalue weighted by atomic mass is 32.1. The lowest BCUT2D eigenvalue weighted by Gasteiger charge is -2.36. The van der Waals surface area contributed by atoms with Gasteiger partial charge in [-0.3, -0.25) is 4.90 Å². The van der Waals surface area contributed by atoms with Gasteiger partial charge in [0.05, 0.1) is 0 Å². The number of rotatable bonds is 7. The van der Waals surface area contributed by atoms with Crippen LogP contribution in [0.3, 0.4) is 0 Å². The topological polar surface area (TPSA) is 15.3 Å². The fraction of sp³-hybridized carbons (Fsp3) is 0.765. The molecule has 2 aliphatic rings. The molecule has 0 amide bonds. The Hall–Kier alpha value is -0.380. The Bertz CT molecular complexity index is 384. The van der Waals surface area contributed by atoms with Gasteiger partial charge in [-0.1, -0.05) is 19.8 Å². The van der Waals surface area contributed by atoms with Gasteiger partial charge in [0.2, 0.25) is 0 Å². The minimum absolute atomic E-state index is 0.762. The van der Waals surface area contributed by atoms with Crippen LogP contribution in [0.1, 0.15) is 51.0 Å². The number of nitrogens with one attached hydrogen (secondary N) is 1. The first-order valence-electron chi connectivity index (χ1n) is 8.35. The van der Waals surface area contributed by atoms with Crippen molar-refractivity contribution < 1.29 is 0 Å². The zero-order chi connectivity index (χ0) is 13.8. The van der Waals surface area contributed by atoms with E-state index in [0.29, 0.717) is 0 Å². The van der Waals surface area contributed by atoms with E-state index >= 15 is 0 Å². The quantitative estimate of drug-likeness (QED) is 0.820. The number of nitrogens with zero attached hydrogens (tertiary/aromatic N) is 1. The molecule has 2 aliphatic carbocycles. The molecule has 0 bridgehead atoms. The van der Waals surface area contributed by atoms with Gasteiger partial charge in [-0.25, -0.2) is 0 Å². The van der Waals surface area contributed by atoms with Crippen LogP contribution in [0.15, 0.2) is 16.8 Å². The van der Waals surface area contributed by atoms with Crippen LogP contribution in [-0.4, -0.2) is 30.1 Å². The second-order valence-electron chi connectivity index (χ2n) is 6.50. The van der Waals surface area contributed by atoms with Crippen LogP contribution in [0.5, 0.6) is 0 Å². The van der Waals surface area contributed by atoms with Gasteiger partial charge in [-0.15, -0.1) is 0 Å². The second-order valence-corrected chi connectivity index (χ2v) is 7.28. The maximum Gasteiger partial charge on any atom is 0.0245 e. The molecule has 0 radical (unpaired) electrons. The molecule has 0 spiro atoms. The first-order chi connectivity index (χ1) is 9.86. The van der Waals surface area contributed by atoms with E-state index in [2.05, 4.69) is 34.0 Å². The fourth-order valence-electron chi connectivity index (χ4n) is 3.66. The SMILES string of the molecule is CCNC1CCCCC1CN(Cc1ccsc1)C1CC1. The average molecular weight is 292 g/mol. The van der Waals surface area contributed by atoms with Crippen LogP contribution < -0.4 is 5.32 Å². The summed E-state index contributed by atoms with van der Waals surface area (Å²) in [6.45, 7) is 5.84. The summed E-state index contributed by atoms with van der Waals surface area (Å²) in [4.78, 5) is 2.77. The molecular formula is C17H28N2S. The Kier molecular flexibility index (Phi) is 5.14. The van der Waals surface area contributed by atoms with Crippen molar-refractivity contribution in [3.63, 3.8) is 0 Å². The molecule has 112 valence electrons. The van der Waals surface area contributed by atoms with Crippen LogP contribution in [0.2, 0.25) is 0 Å². The van der Waals surface area contributed by atoms with Crippen molar-refractivity contribution in [3.05, 3.63) is 22.4 Å². The Morgan fingerprint density at radius 1 is 1.25 bits per heavy atom. The molecule has 1 aromatic rings. The minimum Gasteiger partial charge on any atom is -0.314 e. The van der Waals surface area contributed by atoms with Crippen molar-refractivity contribution in [1.29, 1.82) is 0 Å². The molecular weight excluding hydrogens is 264 g/mol. The van der Waals surface area contributed by atoms with E-state index in [0.717, 1.165) is 24.5 Å². The maximum atomic E-state index is 3.73. The van der Waals surface area contributed by atoms with E-state index in [4.69, 9.17) is 0 Å². The molecule has 2 saturated carbocycles. The number of hydrogen-bond acceptors (Lipinski definition) is 3. The molecule has 2 atom stereocenters. The molecule has 2 unspecified atom stereocenters. The molecule has 0 aromatic carbocycles. The van der Waals surface area contributed by atoms with Crippen molar-refractivity contribution in [2.45, 2.75) is 64.1 Å². The summed E-state index contributed by atoms with van der Waals surface area (Å²) in [6, 6.07) is 3.93. The predicted molar refractivity (Wildman–Crippen MR) is 87.2 cm³/mol.